The van der Waals surface area contributed by atoms with E-state index < -0.39 is 0 Å². The molecule has 0 heterocycles. The van der Waals surface area contributed by atoms with Gasteiger partial charge in [0.15, 0.2) is 0 Å². The molecule has 0 N–H and O–H groups in total. The van der Waals surface area contributed by atoms with Crippen molar-refractivity contribution in [1.29, 1.82) is 0 Å². The van der Waals surface area contributed by atoms with Gasteiger partial charge >= 0.3 is 0 Å². The van der Waals surface area contributed by atoms with Crippen molar-refractivity contribution in [3.63, 3.8) is 0 Å². The highest BCUT2D eigenvalue weighted by atomic mass is 14.1. The molecule has 1 aromatic rings. The van der Waals surface area contributed by atoms with Crippen LogP contribution in [-0.2, 0) is 0 Å². The molecule has 0 radical (unpaired) electrons. The molecular formula is C20H14. The third-order valence-electron chi connectivity index (χ3n) is 2.86. The van der Waals surface area contributed by atoms with Gasteiger partial charge in [-0.1, -0.05) is 78.6 Å². The van der Waals surface area contributed by atoms with E-state index in [0.29, 0.717) is 5.57 Å². The molecular weight excluding hydrogens is 240 g/mol. The van der Waals surface area contributed by atoms with E-state index in [1.807, 2.05) is 72.9 Å². The predicted molar refractivity (Wildman–Crippen MR) is 86.5 cm³/mol. The summed E-state index contributed by atoms with van der Waals surface area (Å²) in [7, 11) is 0. The first kappa shape index (κ1) is 13.5. The van der Waals surface area contributed by atoms with Gasteiger partial charge in [-0.2, -0.15) is 0 Å². The first-order valence-corrected chi connectivity index (χ1v) is 6.31. The van der Waals surface area contributed by atoms with Crippen molar-refractivity contribution in [2.45, 2.75) is 0 Å². The number of terminal acetylenes is 2. The number of allylic oxidation sites excluding steroid dienone is 10. The topological polar surface area (TPSA) is 0 Å². The van der Waals surface area contributed by atoms with Crippen LogP contribution in [0.4, 0.5) is 0 Å². The van der Waals surface area contributed by atoms with E-state index in [-0.39, 0.29) is 0 Å². The van der Waals surface area contributed by atoms with Crippen molar-refractivity contribution in [1.82, 2.24) is 0 Å². The normalized spacial score (nSPS) is 12.2. The van der Waals surface area contributed by atoms with E-state index in [9.17, 15) is 0 Å². The zero-order chi connectivity index (χ0) is 14.2. The van der Waals surface area contributed by atoms with Crippen LogP contribution in [0.2, 0.25) is 0 Å². The Morgan fingerprint density at radius 1 is 0.850 bits per heavy atom. The number of hydrogen-bond donors (Lipinski definition) is 0. The van der Waals surface area contributed by atoms with Gasteiger partial charge < -0.3 is 0 Å². The molecule has 0 saturated carbocycles. The van der Waals surface area contributed by atoms with Crippen molar-refractivity contribution in [3.05, 3.63) is 89.6 Å². The lowest BCUT2D eigenvalue weighted by Gasteiger charge is -2.05. The zero-order valence-electron chi connectivity index (χ0n) is 11.1. The highest BCUT2D eigenvalue weighted by Gasteiger charge is 2.04. The minimum atomic E-state index is 0.558. The lowest BCUT2D eigenvalue weighted by atomic mass is 9.97. The minimum absolute atomic E-state index is 0.558. The molecule has 0 fully saturated rings. The van der Waals surface area contributed by atoms with Crippen molar-refractivity contribution in [3.8, 4) is 24.7 Å². The number of rotatable bonds is 2. The van der Waals surface area contributed by atoms with Crippen LogP contribution in [0.3, 0.4) is 0 Å². The predicted octanol–water partition coefficient (Wildman–Crippen LogP) is 4.32. The van der Waals surface area contributed by atoms with E-state index >= 15 is 0 Å². The smallest absolute Gasteiger partial charge is 0.0817 e. The zero-order valence-corrected chi connectivity index (χ0v) is 11.1. The van der Waals surface area contributed by atoms with Gasteiger partial charge in [-0.25, -0.2) is 0 Å². The summed E-state index contributed by atoms with van der Waals surface area (Å²) in [5, 5.41) is 0. The second kappa shape index (κ2) is 6.83. The summed E-state index contributed by atoms with van der Waals surface area (Å²) in [5.41, 5.74) is 3.52. The fourth-order valence-corrected chi connectivity index (χ4v) is 1.89. The second-order valence-corrected chi connectivity index (χ2v) is 4.19. The number of hydrogen-bond acceptors (Lipinski definition) is 0. The van der Waals surface area contributed by atoms with Crippen LogP contribution >= 0.6 is 0 Å². The van der Waals surface area contributed by atoms with Crippen molar-refractivity contribution in [2.75, 3.05) is 0 Å². The lowest BCUT2D eigenvalue weighted by molar-refractivity contribution is 1.59. The second-order valence-electron chi connectivity index (χ2n) is 4.19. The monoisotopic (exact) mass is 254 g/mol. The summed E-state index contributed by atoms with van der Waals surface area (Å²) in [5.74, 6) is 5.18. The molecule has 1 aliphatic rings. The summed E-state index contributed by atoms with van der Waals surface area (Å²) in [6.07, 6.45) is 25.0. The molecule has 2 rings (SSSR count). The largest absolute Gasteiger partial charge is 0.114 e. The Kier molecular flexibility index (Phi) is 4.60. The molecule has 0 aliphatic heterocycles. The van der Waals surface area contributed by atoms with Crippen molar-refractivity contribution >= 4 is 5.57 Å². The summed E-state index contributed by atoms with van der Waals surface area (Å²) in [4.78, 5) is 0. The molecule has 94 valence electrons. The van der Waals surface area contributed by atoms with Crippen molar-refractivity contribution in [2.24, 2.45) is 0 Å². The SMILES string of the molecule is C#CC(C#C)=C(C=C1C=CC=CC=C1)c1ccccc1. The highest BCUT2D eigenvalue weighted by Crippen LogP contribution is 2.22. The van der Waals surface area contributed by atoms with E-state index in [0.717, 1.165) is 16.7 Å². The third kappa shape index (κ3) is 3.29. The molecule has 0 nitrogen and oxygen atoms in total. The highest BCUT2D eigenvalue weighted by molar-refractivity contribution is 5.84. The lowest BCUT2D eigenvalue weighted by Crippen LogP contribution is -1.87. The van der Waals surface area contributed by atoms with Gasteiger partial charge in [0.1, 0.15) is 0 Å². The molecule has 0 spiro atoms. The molecule has 1 aromatic carbocycles. The average Bonchev–Trinajstić information content (AvgIpc) is 2.77. The van der Waals surface area contributed by atoms with Gasteiger partial charge in [0.25, 0.3) is 0 Å². The van der Waals surface area contributed by atoms with Gasteiger partial charge in [0.05, 0.1) is 5.57 Å². The van der Waals surface area contributed by atoms with Gasteiger partial charge in [-0.05, 0) is 17.2 Å². The minimum Gasteiger partial charge on any atom is -0.114 e. The van der Waals surface area contributed by atoms with Crippen LogP contribution < -0.4 is 0 Å². The molecule has 0 amide bonds. The van der Waals surface area contributed by atoms with Crippen LogP contribution in [0, 0.1) is 24.7 Å². The van der Waals surface area contributed by atoms with Crippen LogP contribution in [0.15, 0.2) is 84.0 Å². The van der Waals surface area contributed by atoms with Crippen molar-refractivity contribution < 1.29 is 0 Å². The molecule has 0 atom stereocenters. The fraction of sp³-hybridized carbons (Fsp3) is 0. The Morgan fingerprint density at radius 2 is 1.45 bits per heavy atom. The molecule has 0 bridgehead atoms. The molecule has 0 heteroatoms. The van der Waals surface area contributed by atoms with Crippen LogP contribution in [0.25, 0.3) is 5.57 Å². The van der Waals surface area contributed by atoms with E-state index in [1.165, 1.54) is 0 Å². The Bertz CT molecular complexity index is 672. The maximum absolute atomic E-state index is 5.53. The van der Waals surface area contributed by atoms with Crippen LogP contribution in [0.1, 0.15) is 5.56 Å². The quantitative estimate of drug-likeness (QED) is 0.690. The van der Waals surface area contributed by atoms with Gasteiger partial charge in [-0.3, -0.25) is 0 Å². The molecule has 1 aliphatic carbocycles. The Hall–Kier alpha value is -2.96. The standard InChI is InChI=1S/C20H14/c1-3-18(4-2)20(19-14-10-7-11-15-19)16-17-12-8-5-6-9-13-17/h1-2,5-16H. The van der Waals surface area contributed by atoms with Gasteiger partial charge in [-0.15, -0.1) is 12.8 Å². The van der Waals surface area contributed by atoms with E-state index in [4.69, 9.17) is 12.8 Å². The Labute approximate surface area is 120 Å². The molecule has 20 heavy (non-hydrogen) atoms. The summed E-state index contributed by atoms with van der Waals surface area (Å²) < 4.78 is 0. The van der Waals surface area contributed by atoms with Gasteiger partial charge in [0.2, 0.25) is 0 Å². The molecule has 0 saturated heterocycles. The Morgan fingerprint density at radius 3 is 2.00 bits per heavy atom. The maximum Gasteiger partial charge on any atom is 0.0817 e. The summed E-state index contributed by atoms with van der Waals surface area (Å²) in [6.45, 7) is 0. The Balaban J connectivity index is 2.56. The third-order valence-corrected chi connectivity index (χ3v) is 2.86. The summed E-state index contributed by atoms with van der Waals surface area (Å²) >= 11 is 0. The first-order chi connectivity index (χ1) is 9.85. The number of benzene rings is 1. The summed E-state index contributed by atoms with van der Waals surface area (Å²) in [6, 6.07) is 9.92. The van der Waals surface area contributed by atoms with E-state index in [2.05, 4.69) is 11.8 Å². The maximum atomic E-state index is 5.53. The first-order valence-electron chi connectivity index (χ1n) is 6.31. The fourth-order valence-electron chi connectivity index (χ4n) is 1.89. The molecule has 0 unspecified atom stereocenters. The molecule has 0 aromatic heterocycles. The van der Waals surface area contributed by atoms with Crippen LogP contribution in [0.5, 0.6) is 0 Å². The van der Waals surface area contributed by atoms with E-state index in [1.54, 1.807) is 0 Å². The van der Waals surface area contributed by atoms with Gasteiger partial charge in [0, 0.05) is 5.57 Å². The average molecular weight is 254 g/mol. The van der Waals surface area contributed by atoms with Crippen LogP contribution in [-0.4, -0.2) is 0 Å².